The van der Waals surface area contributed by atoms with Crippen molar-refractivity contribution in [3.63, 3.8) is 0 Å². The number of unbranched alkanes of at least 4 members (excludes halogenated alkanes) is 9. The van der Waals surface area contributed by atoms with Gasteiger partial charge in [0.1, 0.15) is 0 Å². The van der Waals surface area contributed by atoms with Gasteiger partial charge in [0.15, 0.2) is 0 Å². The Labute approximate surface area is 142 Å². The van der Waals surface area contributed by atoms with Crippen LogP contribution in [0.25, 0.3) is 0 Å². The van der Waals surface area contributed by atoms with E-state index in [1.54, 1.807) is 0 Å². The van der Waals surface area contributed by atoms with E-state index in [-0.39, 0.29) is 19.8 Å². The molecule has 23 heavy (non-hydrogen) atoms. The molecule has 0 aromatic rings. The van der Waals surface area contributed by atoms with Gasteiger partial charge in [-0.2, -0.15) is 8.42 Å². The van der Waals surface area contributed by atoms with Crippen molar-refractivity contribution in [2.45, 2.75) is 78.1 Å². The minimum absolute atomic E-state index is 0.0716. The summed E-state index contributed by atoms with van der Waals surface area (Å²) in [6, 6.07) is 0. The second-order valence-electron chi connectivity index (χ2n) is 5.50. The molecule has 0 saturated carbocycles. The summed E-state index contributed by atoms with van der Waals surface area (Å²) < 4.78 is 36.3. The molecule has 0 N–H and O–H groups in total. The van der Waals surface area contributed by atoms with Gasteiger partial charge < -0.3 is 4.74 Å². The first-order valence-corrected chi connectivity index (χ1v) is 10.2. The van der Waals surface area contributed by atoms with Gasteiger partial charge in [-0.15, -0.1) is 0 Å². The van der Waals surface area contributed by atoms with Crippen LogP contribution in [0.4, 0.5) is 0 Å². The molecule has 0 aromatic heterocycles. The maximum Gasteiger partial charge on any atom is 0.426 e. The zero-order valence-electron chi connectivity index (χ0n) is 14.8. The predicted octanol–water partition coefficient (Wildman–Crippen LogP) is 4.15. The van der Waals surface area contributed by atoms with Crippen molar-refractivity contribution in [3.05, 3.63) is 0 Å². The van der Waals surface area contributed by atoms with Crippen LogP contribution in [0.15, 0.2) is 0 Å². The molecule has 0 heterocycles. The molecule has 0 fully saturated rings. The van der Waals surface area contributed by atoms with Gasteiger partial charge in [0, 0.05) is 6.61 Å². The summed E-state index contributed by atoms with van der Waals surface area (Å²) in [5.74, 6) is 0. The van der Waals surface area contributed by atoms with Crippen molar-refractivity contribution < 1.29 is 26.6 Å². The van der Waals surface area contributed by atoms with Crippen LogP contribution in [0.2, 0.25) is 0 Å². The minimum Gasteiger partial charge on any atom is -0.379 e. The van der Waals surface area contributed by atoms with Crippen molar-refractivity contribution in [1.82, 2.24) is 0 Å². The maximum absolute atomic E-state index is 11.3. The minimum atomic E-state index is -4.08. The van der Waals surface area contributed by atoms with Gasteiger partial charge >= 0.3 is 10.4 Å². The van der Waals surface area contributed by atoms with Crippen molar-refractivity contribution >= 4 is 10.4 Å². The topological polar surface area (TPSA) is 71.1 Å². The van der Waals surface area contributed by atoms with Gasteiger partial charge in [0.2, 0.25) is 0 Å². The Hall–Kier alpha value is -0.210. The fourth-order valence-corrected chi connectivity index (χ4v) is 2.60. The smallest absolute Gasteiger partial charge is 0.379 e. The lowest BCUT2D eigenvalue weighted by atomic mass is 10.1. The maximum atomic E-state index is 11.3. The van der Waals surface area contributed by atoms with E-state index >= 15 is 0 Å². The first-order chi connectivity index (χ1) is 11.1. The molecule has 0 unspecified atom stereocenters. The zero-order valence-corrected chi connectivity index (χ0v) is 15.6. The molecule has 6 nitrogen and oxygen atoms in total. The lowest BCUT2D eigenvalue weighted by Gasteiger charge is -2.05. The Kier molecular flexibility index (Phi) is 16.5. The van der Waals surface area contributed by atoms with E-state index < -0.39 is 10.4 Å². The Morgan fingerprint density at radius 2 is 1.26 bits per heavy atom. The molecule has 0 aromatic carbocycles. The highest BCUT2D eigenvalue weighted by Crippen LogP contribution is 2.10. The Bertz CT molecular complexity index is 331. The predicted molar refractivity (Wildman–Crippen MR) is 90.2 cm³/mol. The normalized spacial score (nSPS) is 11.9. The molecule has 0 aliphatic carbocycles. The highest BCUT2D eigenvalue weighted by Gasteiger charge is 2.12. The summed E-state index contributed by atoms with van der Waals surface area (Å²) in [6.45, 7) is 4.95. The second kappa shape index (κ2) is 16.6. The Morgan fingerprint density at radius 1 is 0.696 bits per heavy atom. The summed E-state index contributed by atoms with van der Waals surface area (Å²) in [7, 11) is -4.08. The molecule has 140 valence electrons. The molecule has 0 bridgehead atoms. The third kappa shape index (κ3) is 18.0. The molecular weight excluding hydrogens is 320 g/mol. The highest BCUT2D eigenvalue weighted by atomic mass is 32.3. The number of hydrogen-bond donors (Lipinski definition) is 0. The van der Waals surface area contributed by atoms with Gasteiger partial charge in [-0.05, 0) is 13.3 Å². The van der Waals surface area contributed by atoms with Crippen LogP contribution < -0.4 is 0 Å². The zero-order chi connectivity index (χ0) is 17.2. The van der Waals surface area contributed by atoms with Crippen LogP contribution >= 0.6 is 0 Å². The van der Waals surface area contributed by atoms with Crippen LogP contribution in [0, 0.1) is 0 Å². The van der Waals surface area contributed by atoms with E-state index in [1.807, 2.05) is 6.92 Å². The summed E-state index contributed by atoms with van der Waals surface area (Å²) in [5.41, 5.74) is 0. The van der Waals surface area contributed by atoms with Crippen molar-refractivity contribution in [2.24, 2.45) is 0 Å². The largest absolute Gasteiger partial charge is 0.426 e. The quantitative estimate of drug-likeness (QED) is 0.209. The van der Waals surface area contributed by atoms with Crippen molar-refractivity contribution in [3.8, 4) is 0 Å². The molecule has 0 rings (SSSR count). The summed E-state index contributed by atoms with van der Waals surface area (Å²) in [4.78, 5) is 4.67. The Morgan fingerprint density at radius 3 is 1.83 bits per heavy atom. The molecule has 0 atom stereocenters. The number of hydrogen-bond acceptors (Lipinski definition) is 6. The molecule has 7 heteroatoms. The van der Waals surface area contributed by atoms with Gasteiger partial charge in [-0.25, -0.2) is 9.07 Å². The summed E-state index contributed by atoms with van der Waals surface area (Å²) in [5, 5.41) is 0. The van der Waals surface area contributed by atoms with E-state index in [0.717, 1.165) is 19.3 Å². The summed E-state index contributed by atoms with van der Waals surface area (Å²) >= 11 is 0. The number of rotatable bonds is 18. The third-order valence-electron chi connectivity index (χ3n) is 3.37. The molecule has 0 aliphatic rings. The molecule has 0 spiro atoms. The van der Waals surface area contributed by atoms with Gasteiger partial charge in [-0.1, -0.05) is 69.0 Å². The molecule has 0 radical (unpaired) electrons. The first-order valence-electron chi connectivity index (χ1n) is 8.90. The van der Waals surface area contributed by atoms with Gasteiger partial charge in [0.25, 0.3) is 0 Å². The fourth-order valence-electron chi connectivity index (χ4n) is 2.10. The molecule has 0 saturated heterocycles. The van der Waals surface area contributed by atoms with E-state index in [9.17, 15) is 8.42 Å². The average Bonchev–Trinajstić information content (AvgIpc) is 2.52. The molecule has 0 amide bonds. The molecular formula is C16H34O6S. The van der Waals surface area contributed by atoms with Gasteiger partial charge in [0.05, 0.1) is 19.8 Å². The van der Waals surface area contributed by atoms with Crippen LogP contribution in [0.1, 0.15) is 78.1 Å². The van der Waals surface area contributed by atoms with E-state index in [0.29, 0.717) is 6.61 Å². The van der Waals surface area contributed by atoms with Crippen LogP contribution in [-0.2, 0) is 28.5 Å². The highest BCUT2D eigenvalue weighted by molar-refractivity contribution is 7.81. The average molecular weight is 355 g/mol. The standard InChI is InChI=1S/C16H34O6S/c1-3-5-6-7-8-9-10-11-12-13-14-20-22-23(17,18)21-16-15-19-4-2/h3-16H2,1-2H3. The van der Waals surface area contributed by atoms with Crippen molar-refractivity contribution in [1.29, 1.82) is 0 Å². The van der Waals surface area contributed by atoms with E-state index in [2.05, 4.69) is 20.3 Å². The lowest BCUT2D eigenvalue weighted by molar-refractivity contribution is -0.210. The van der Waals surface area contributed by atoms with Crippen LogP contribution in [0.5, 0.6) is 0 Å². The van der Waals surface area contributed by atoms with Crippen LogP contribution in [-0.4, -0.2) is 34.8 Å². The monoisotopic (exact) mass is 354 g/mol. The third-order valence-corrected chi connectivity index (χ3v) is 4.09. The van der Waals surface area contributed by atoms with Gasteiger partial charge in [-0.3, -0.25) is 0 Å². The number of ether oxygens (including phenoxy) is 1. The van der Waals surface area contributed by atoms with Crippen molar-refractivity contribution in [2.75, 3.05) is 26.4 Å². The van der Waals surface area contributed by atoms with E-state index in [4.69, 9.17) is 4.74 Å². The fraction of sp³-hybridized carbons (Fsp3) is 1.00. The SMILES string of the molecule is CCCCCCCCCCCCOOS(=O)(=O)OCCOCC. The first kappa shape index (κ1) is 22.8. The second-order valence-corrected chi connectivity index (χ2v) is 6.69. The molecule has 0 aliphatic heterocycles. The Balaban J connectivity index is 3.28. The summed E-state index contributed by atoms with van der Waals surface area (Å²) in [6.07, 6.45) is 12.1. The van der Waals surface area contributed by atoms with E-state index in [1.165, 1.54) is 44.9 Å². The lowest BCUT2D eigenvalue weighted by Crippen LogP contribution is -2.14. The van der Waals surface area contributed by atoms with Crippen LogP contribution in [0.3, 0.4) is 0 Å².